The molecule has 1 amide bonds. The average molecular weight is 359 g/mol. The van der Waals surface area contributed by atoms with Crippen LogP contribution in [0.4, 0.5) is 5.69 Å². The lowest BCUT2D eigenvalue weighted by Gasteiger charge is -2.09. The SMILES string of the molecule is COc1cc(OC)c([N+](=O)[O-])cc1C=NNC(=O)C(O)c1ccccc1. The molecule has 2 N–H and O–H groups in total. The van der Waals surface area contributed by atoms with Gasteiger partial charge in [-0.3, -0.25) is 14.9 Å². The lowest BCUT2D eigenvalue weighted by molar-refractivity contribution is -0.385. The number of amides is 1. The summed E-state index contributed by atoms with van der Waals surface area (Å²) in [5.74, 6) is -0.434. The van der Waals surface area contributed by atoms with Crippen molar-refractivity contribution in [3.8, 4) is 11.5 Å². The molecular weight excluding hydrogens is 342 g/mol. The second-order valence-electron chi connectivity index (χ2n) is 5.07. The molecule has 0 saturated heterocycles. The Morgan fingerprint density at radius 2 is 1.88 bits per heavy atom. The van der Waals surface area contributed by atoms with Crippen molar-refractivity contribution in [1.82, 2.24) is 5.43 Å². The van der Waals surface area contributed by atoms with Crippen LogP contribution in [0.25, 0.3) is 0 Å². The van der Waals surface area contributed by atoms with Crippen molar-refractivity contribution < 1.29 is 24.3 Å². The van der Waals surface area contributed by atoms with E-state index in [1.165, 1.54) is 32.6 Å². The Balaban J connectivity index is 2.18. The fourth-order valence-corrected chi connectivity index (χ4v) is 2.16. The summed E-state index contributed by atoms with van der Waals surface area (Å²) in [6.45, 7) is 0. The molecule has 2 rings (SSSR count). The van der Waals surface area contributed by atoms with Gasteiger partial charge in [-0.2, -0.15) is 5.10 Å². The summed E-state index contributed by atoms with van der Waals surface area (Å²) in [5.41, 5.74) is 2.58. The van der Waals surface area contributed by atoms with Crippen LogP contribution in [-0.4, -0.2) is 36.4 Å². The molecule has 0 saturated carbocycles. The Morgan fingerprint density at radius 1 is 1.23 bits per heavy atom. The fourth-order valence-electron chi connectivity index (χ4n) is 2.16. The Kier molecular flexibility index (Phi) is 6.23. The number of ether oxygens (including phenoxy) is 2. The predicted molar refractivity (Wildman–Crippen MR) is 93.3 cm³/mol. The van der Waals surface area contributed by atoms with E-state index in [-0.39, 0.29) is 22.7 Å². The van der Waals surface area contributed by atoms with E-state index in [0.717, 1.165) is 0 Å². The summed E-state index contributed by atoms with van der Waals surface area (Å²) in [6.07, 6.45) is -0.207. The van der Waals surface area contributed by atoms with Crippen molar-refractivity contribution in [1.29, 1.82) is 0 Å². The number of hydrogen-bond donors (Lipinski definition) is 2. The smallest absolute Gasteiger partial charge is 0.311 e. The molecule has 1 unspecified atom stereocenters. The van der Waals surface area contributed by atoms with E-state index in [1.54, 1.807) is 30.3 Å². The maximum absolute atomic E-state index is 11.9. The molecule has 9 nitrogen and oxygen atoms in total. The lowest BCUT2D eigenvalue weighted by Crippen LogP contribution is -2.25. The normalized spacial score (nSPS) is 11.8. The van der Waals surface area contributed by atoms with Crippen LogP contribution >= 0.6 is 0 Å². The van der Waals surface area contributed by atoms with Crippen molar-refractivity contribution in [2.45, 2.75) is 6.10 Å². The number of hydrogen-bond acceptors (Lipinski definition) is 7. The first-order valence-electron chi connectivity index (χ1n) is 7.44. The molecule has 136 valence electrons. The molecule has 0 fully saturated rings. The number of nitrogens with one attached hydrogen (secondary N) is 1. The number of aliphatic hydroxyl groups is 1. The Morgan fingerprint density at radius 3 is 2.46 bits per heavy atom. The zero-order valence-electron chi connectivity index (χ0n) is 14.1. The highest BCUT2D eigenvalue weighted by Crippen LogP contribution is 2.33. The average Bonchev–Trinajstić information content (AvgIpc) is 2.67. The highest BCUT2D eigenvalue weighted by atomic mass is 16.6. The monoisotopic (exact) mass is 359 g/mol. The van der Waals surface area contributed by atoms with E-state index in [0.29, 0.717) is 5.56 Å². The van der Waals surface area contributed by atoms with Gasteiger partial charge < -0.3 is 14.6 Å². The number of rotatable bonds is 7. The van der Waals surface area contributed by atoms with Gasteiger partial charge in [-0.1, -0.05) is 30.3 Å². The summed E-state index contributed by atoms with van der Waals surface area (Å²) >= 11 is 0. The van der Waals surface area contributed by atoms with Crippen LogP contribution in [0.15, 0.2) is 47.6 Å². The van der Waals surface area contributed by atoms with Gasteiger partial charge in [0.05, 0.1) is 25.4 Å². The van der Waals surface area contributed by atoms with E-state index in [4.69, 9.17) is 9.47 Å². The van der Waals surface area contributed by atoms with E-state index < -0.39 is 16.9 Å². The van der Waals surface area contributed by atoms with Gasteiger partial charge in [0, 0.05) is 17.7 Å². The van der Waals surface area contributed by atoms with Gasteiger partial charge >= 0.3 is 5.69 Å². The maximum Gasteiger partial charge on any atom is 0.311 e. The van der Waals surface area contributed by atoms with Gasteiger partial charge in [0.2, 0.25) is 5.75 Å². The van der Waals surface area contributed by atoms with Gasteiger partial charge in [-0.05, 0) is 5.56 Å². The first-order valence-corrected chi connectivity index (χ1v) is 7.44. The van der Waals surface area contributed by atoms with Crippen LogP contribution < -0.4 is 14.9 Å². The largest absolute Gasteiger partial charge is 0.496 e. The second kappa shape index (κ2) is 8.58. The van der Waals surface area contributed by atoms with E-state index in [1.807, 2.05) is 0 Å². The molecule has 2 aromatic carbocycles. The van der Waals surface area contributed by atoms with Crippen LogP contribution in [0.5, 0.6) is 11.5 Å². The zero-order valence-corrected chi connectivity index (χ0v) is 14.1. The third-order valence-electron chi connectivity index (χ3n) is 3.47. The number of hydrazone groups is 1. The highest BCUT2D eigenvalue weighted by molar-refractivity contribution is 5.88. The van der Waals surface area contributed by atoms with Crippen molar-refractivity contribution in [2.75, 3.05) is 14.2 Å². The first-order chi connectivity index (χ1) is 12.5. The first kappa shape index (κ1) is 18.9. The van der Waals surface area contributed by atoms with Gasteiger partial charge in [-0.25, -0.2) is 5.43 Å². The molecule has 0 aliphatic rings. The van der Waals surface area contributed by atoms with Gasteiger partial charge in [0.15, 0.2) is 6.10 Å². The number of aliphatic hydroxyl groups excluding tert-OH is 1. The van der Waals surface area contributed by atoms with E-state index in [9.17, 15) is 20.0 Å². The maximum atomic E-state index is 11.9. The van der Waals surface area contributed by atoms with Gasteiger partial charge in [0.25, 0.3) is 5.91 Å². The summed E-state index contributed by atoms with van der Waals surface area (Å²) < 4.78 is 10.1. The molecule has 1 atom stereocenters. The molecule has 0 aliphatic heterocycles. The topological polar surface area (TPSA) is 123 Å². The van der Waals surface area contributed by atoms with Crippen LogP contribution in [0.2, 0.25) is 0 Å². The van der Waals surface area contributed by atoms with Crippen molar-refractivity contribution >= 4 is 17.8 Å². The summed E-state index contributed by atoms with van der Waals surface area (Å²) in [6, 6.07) is 10.9. The van der Waals surface area contributed by atoms with Crippen LogP contribution in [-0.2, 0) is 4.79 Å². The third-order valence-corrected chi connectivity index (χ3v) is 3.47. The van der Waals surface area contributed by atoms with Crippen molar-refractivity contribution in [2.24, 2.45) is 5.10 Å². The Hall–Kier alpha value is -3.46. The number of carbonyl (C=O) groups is 1. The molecule has 0 bridgehead atoms. The van der Waals surface area contributed by atoms with E-state index in [2.05, 4.69) is 10.5 Å². The molecule has 0 spiro atoms. The molecule has 2 aromatic rings. The minimum atomic E-state index is -1.39. The van der Waals surface area contributed by atoms with Crippen LogP contribution in [0.1, 0.15) is 17.2 Å². The number of nitro benzene ring substituents is 1. The predicted octanol–water partition coefficient (Wildman–Crippen LogP) is 1.80. The molecule has 9 heteroatoms. The molecule has 0 aliphatic carbocycles. The number of carbonyl (C=O) groups excluding carboxylic acids is 1. The number of nitro groups is 1. The number of nitrogens with zero attached hydrogens (tertiary/aromatic N) is 2. The van der Waals surface area contributed by atoms with Crippen LogP contribution in [0.3, 0.4) is 0 Å². The number of methoxy groups -OCH3 is 2. The Labute approximate surface area is 149 Å². The zero-order chi connectivity index (χ0) is 19.1. The minimum absolute atomic E-state index is 0.0348. The van der Waals surface area contributed by atoms with Crippen LogP contribution in [0, 0.1) is 10.1 Å². The number of benzene rings is 2. The molecule has 0 aromatic heterocycles. The van der Waals surface area contributed by atoms with Crippen molar-refractivity contribution in [3.05, 3.63) is 63.7 Å². The van der Waals surface area contributed by atoms with Gasteiger partial charge in [0.1, 0.15) is 5.75 Å². The minimum Gasteiger partial charge on any atom is -0.496 e. The lowest BCUT2D eigenvalue weighted by atomic mass is 10.1. The molecule has 0 radical (unpaired) electrons. The summed E-state index contributed by atoms with van der Waals surface area (Å²) in [4.78, 5) is 22.4. The fraction of sp³-hybridized carbons (Fsp3) is 0.176. The summed E-state index contributed by atoms with van der Waals surface area (Å²) in [7, 11) is 2.69. The molecule has 0 heterocycles. The summed E-state index contributed by atoms with van der Waals surface area (Å²) in [5, 5.41) is 24.8. The van der Waals surface area contributed by atoms with E-state index >= 15 is 0 Å². The quantitative estimate of drug-likeness (QED) is 0.441. The molecular formula is C17H17N3O6. The molecule has 26 heavy (non-hydrogen) atoms. The third kappa shape index (κ3) is 4.33. The van der Waals surface area contributed by atoms with Crippen molar-refractivity contribution in [3.63, 3.8) is 0 Å². The highest BCUT2D eigenvalue weighted by Gasteiger charge is 2.19. The standard InChI is InChI=1S/C17H17N3O6/c1-25-14-9-15(26-2)13(20(23)24)8-12(14)10-18-19-17(22)16(21)11-6-4-3-5-7-11/h3-10,16,21H,1-2H3,(H,19,22). The second-order valence-corrected chi connectivity index (χ2v) is 5.07. The Bertz CT molecular complexity index is 823. The van der Waals surface area contributed by atoms with Gasteiger partial charge in [-0.15, -0.1) is 0 Å².